The summed E-state index contributed by atoms with van der Waals surface area (Å²) in [6.07, 6.45) is 1.38. The second-order valence-corrected chi connectivity index (χ2v) is 3.83. The predicted octanol–water partition coefficient (Wildman–Crippen LogP) is 0.919. The minimum atomic E-state index is -0.656. The molecule has 6 nitrogen and oxygen atoms in total. The van der Waals surface area contributed by atoms with Gasteiger partial charge in [-0.05, 0) is 23.8 Å². The van der Waals surface area contributed by atoms with E-state index in [1.807, 2.05) is 0 Å². The average Bonchev–Trinajstić information content (AvgIpc) is 2.72. The van der Waals surface area contributed by atoms with Crippen LogP contribution in [0.2, 0.25) is 0 Å². The van der Waals surface area contributed by atoms with Crippen molar-refractivity contribution in [1.82, 2.24) is 0 Å². The van der Waals surface area contributed by atoms with Gasteiger partial charge in [0.2, 0.25) is 11.5 Å². The highest BCUT2D eigenvalue weighted by atomic mass is 16.5. The number of carbonyl (C=O) groups is 2. The molecule has 1 N–H and O–H groups in total. The van der Waals surface area contributed by atoms with Gasteiger partial charge in [0.05, 0.1) is 14.2 Å². The number of phenolic OH excluding ortho intramolecular Hbond substituents is 1. The van der Waals surface area contributed by atoms with Gasteiger partial charge in [0.1, 0.15) is 5.57 Å². The van der Waals surface area contributed by atoms with E-state index in [9.17, 15) is 14.7 Å². The molecule has 0 radical (unpaired) electrons. The molecule has 2 rings (SSSR count). The van der Waals surface area contributed by atoms with Crippen molar-refractivity contribution in [2.75, 3.05) is 20.8 Å². The Hall–Kier alpha value is -2.50. The summed E-state index contributed by atoms with van der Waals surface area (Å²) in [6.45, 7) is -0.239. The van der Waals surface area contributed by atoms with E-state index in [1.165, 1.54) is 32.4 Å². The van der Waals surface area contributed by atoms with Crippen LogP contribution < -0.4 is 9.47 Å². The zero-order valence-electron chi connectivity index (χ0n) is 10.4. The molecule has 0 spiro atoms. The molecular formula is C13H12O6. The standard InChI is InChI=1S/C13H12O6/c1-17-10-4-7(5-11(18-2)12(10)15)3-8-9(14)6-19-13(8)16/h3-5,15H,6H2,1-2H3. The van der Waals surface area contributed by atoms with Crippen LogP contribution in [0.25, 0.3) is 6.08 Å². The Balaban J connectivity index is 2.48. The number of hydrogen-bond acceptors (Lipinski definition) is 6. The molecule has 0 aliphatic carbocycles. The smallest absolute Gasteiger partial charge is 0.342 e. The number of ketones is 1. The zero-order chi connectivity index (χ0) is 14.0. The summed E-state index contributed by atoms with van der Waals surface area (Å²) in [5.74, 6) is -0.811. The number of carbonyl (C=O) groups excluding carboxylic acids is 2. The molecule has 0 unspecified atom stereocenters. The van der Waals surface area contributed by atoms with E-state index in [1.54, 1.807) is 0 Å². The Morgan fingerprint density at radius 1 is 1.21 bits per heavy atom. The Morgan fingerprint density at radius 3 is 2.21 bits per heavy atom. The van der Waals surface area contributed by atoms with Gasteiger partial charge in [0, 0.05) is 0 Å². The summed E-state index contributed by atoms with van der Waals surface area (Å²) in [5, 5.41) is 9.75. The molecule has 1 heterocycles. The first-order valence-corrected chi connectivity index (χ1v) is 5.44. The first-order chi connectivity index (χ1) is 9.06. The Labute approximate surface area is 109 Å². The lowest BCUT2D eigenvalue weighted by molar-refractivity contribution is -0.135. The maximum atomic E-state index is 11.4. The van der Waals surface area contributed by atoms with Crippen molar-refractivity contribution in [3.63, 3.8) is 0 Å². The number of ether oxygens (including phenoxy) is 3. The van der Waals surface area contributed by atoms with Crippen molar-refractivity contribution < 1.29 is 28.9 Å². The molecule has 1 aromatic carbocycles. The molecule has 1 saturated heterocycles. The number of Topliss-reactive ketones (excluding diaryl/α,β-unsaturated/α-hetero) is 1. The third-order valence-electron chi connectivity index (χ3n) is 2.67. The van der Waals surface area contributed by atoms with Crippen LogP contribution in [0.4, 0.5) is 0 Å². The first kappa shape index (κ1) is 12.9. The molecule has 0 amide bonds. The van der Waals surface area contributed by atoms with Crippen LogP contribution in [-0.4, -0.2) is 37.7 Å². The van der Waals surface area contributed by atoms with Crippen LogP contribution in [0.1, 0.15) is 5.56 Å². The van der Waals surface area contributed by atoms with Crippen molar-refractivity contribution >= 4 is 17.8 Å². The van der Waals surface area contributed by atoms with Crippen molar-refractivity contribution in [1.29, 1.82) is 0 Å². The van der Waals surface area contributed by atoms with E-state index in [0.717, 1.165) is 0 Å². The molecule has 0 atom stereocenters. The van der Waals surface area contributed by atoms with Crippen molar-refractivity contribution in [2.24, 2.45) is 0 Å². The quantitative estimate of drug-likeness (QED) is 0.496. The molecule has 6 heteroatoms. The lowest BCUT2D eigenvalue weighted by Gasteiger charge is -2.09. The van der Waals surface area contributed by atoms with E-state index in [-0.39, 0.29) is 35.2 Å². The normalized spacial score (nSPS) is 16.6. The molecule has 0 saturated carbocycles. The van der Waals surface area contributed by atoms with E-state index in [2.05, 4.69) is 4.74 Å². The second-order valence-electron chi connectivity index (χ2n) is 3.83. The van der Waals surface area contributed by atoms with Crippen LogP contribution in [0.5, 0.6) is 17.2 Å². The first-order valence-electron chi connectivity index (χ1n) is 5.44. The van der Waals surface area contributed by atoms with E-state index in [4.69, 9.17) is 9.47 Å². The minimum Gasteiger partial charge on any atom is -0.502 e. The maximum Gasteiger partial charge on any atom is 0.342 e. The third kappa shape index (κ3) is 2.37. The SMILES string of the molecule is COc1cc(C=C2C(=O)COC2=O)cc(OC)c1O. The molecule has 0 bridgehead atoms. The molecule has 1 aromatic rings. The molecule has 100 valence electrons. The van der Waals surface area contributed by atoms with Gasteiger partial charge in [-0.2, -0.15) is 0 Å². The van der Waals surface area contributed by atoms with Gasteiger partial charge in [0.25, 0.3) is 0 Å². The van der Waals surface area contributed by atoms with Gasteiger partial charge < -0.3 is 19.3 Å². The Bertz CT molecular complexity index is 529. The van der Waals surface area contributed by atoms with E-state index in [0.29, 0.717) is 5.56 Å². The van der Waals surface area contributed by atoms with Crippen LogP contribution in [0, 0.1) is 0 Å². The van der Waals surface area contributed by atoms with Crippen LogP contribution in [0.15, 0.2) is 17.7 Å². The van der Waals surface area contributed by atoms with Gasteiger partial charge >= 0.3 is 5.97 Å². The monoisotopic (exact) mass is 264 g/mol. The summed E-state index contributed by atoms with van der Waals surface area (Å²) in [7, 11) is 2.78. The maximum absolute atomic E-state index is 11.4. The summed E-state index contributed by atoms with van der Waals surface area (Å²) in [4.78, 5) is 22.8. The van der Waals surface area contributed by atoms with Gasteiger partial charge in [-0.25, -0.2) is 4.79 Å². The van der Waals surface area contributed by atoms with Crippen LogP contribution in [0.3, 0.4) is 0 Å². The Morgan fingerprint density at radius 2 is 1.79 bits per heavy atom. The molecular weight excluding hydrogens is 252 g/mol. The fourth-order valence-electron chi connectivity index (χ4n) is 1.70. The predicted molar refractivity (Wildman–Crippen MR) is 65.2 cm³/mol. The highest BCUT2D eigenvalue weighted by Gasteiger charge is 2.28. The van der Waals surface area contributed by atoms with Gasteiger partial charge in [-0.1, -0.05) is 0 Å². The summed E-state index contributed by atoms with van der Waals surface area (Å²) < 4.78 is 14.6. The summed E-state index contributed by atoms with van der Waals surface area (Å²) in [5.41, 5.74) is 0.462. The highest BCUT2D eigenvalue weighted by Crippen LogP contribution is 2.37. The van der Waals surface area contributed by atoms with Gasteiger partial charge in [0.15, 0.2) is 18.1 Å². The summed E-state index contributed by atoms with van der Waals surface area (Å²) >= 11 is 0. The molecule has 19 heavy (non-hydrogen) atoms. The van der Waals surface area contributed by atoms with E-state index >= 15 is 0 Å². The number of methoxy groups -OCH3 is 2. The molecule has 0 aromatic heterocycles. The van der Waals surface area contributed by atoms with Crippen molar-refractivity contribution in [2.45, 2.75) is 0 Å². The average molecular weight is 264 g/mol. The minimum absolute atomic E-state index is 0.0326. The fraction of sp³-hybridized carbons (Fsp3) is 0.231. The zero-order valence-corrected chi connectivity index (χ0v) is 10.4. The molecule has 1 fully saturated rings. The topological polar surface area (TPSA) is 82.1 Å². The highest BCUT2D eigenvalue weighted by molar-refractivity contribution is 6.24. The summed E-state index contributed by atoms with van der Waals surface area (Å²) in [6, 6.07) is 2.98. The van der Waals surface area contributed by atoms with E-state index < -0.39 is 5.97 Å². The number of esters is 1. The fourth-order valence-corrected chi connectivity index (χ4v) is 1.70. The molecule has 1 aliphatic heterocycles. The lowest BCUT2D eigenvalue weighted by Crippen LogP contribution is -2.00. The molecule has 1 aliphatic rings. The number of cyclic esters (lactones) is 1. The number of aromatic hydroxyl groups is 1. The third-order valence-corrected chi connectivity index (χ3v) is 2.67. The second kappa shape index (κ2) is 5.01. The van der Waals surface area contributed by atoms with Crippen molar-refractivity contribution in [3.8, 4) is 17.2 Å². The number of rotatable bonds is 3. The lowest BCUT2D eigenvalue weighted by atomic mass is 10.1. The van der Waals surface area contributed by atoms with Crippen LogP contribution >= 0.6 is 0 Å². The van der Waals surface area contributed by atoms with Crippen LogP contribution in [-0.2, 0) is 14.3 Å². The van der Waals surface area contributed by atoms with Gasteiger partial charge in [-0.15, -0.1) is 0 Å². The van der Waals surface area contributed by atoms with Crippen molar-refractivity contribution in [3.05, 3.63) is 23.3 Å². The number of hydrogen-bond donors (Lipinski definition) is 1. The number of phenols is 1. The van der Waals surface area contributed by atoms with Gasteiger partial charge in [-0.3, -0.25) is 4.79 Å². The number of benzene rings is 1. The largest absolute Gasteiger partial charge is 0.502 e. The Kier molecular flexibility index (Phi) is 3.41.